The summed E-state index contributed by atoms with van der Waals surface area (Å²) in [5.41, 5.74) is 3.04. The van der Waals surface area contributed by atoms with E-state index >= 15 is 0 Å². The molecule has 0 bridgehead atoms. The molecule has 0 aliphatic carbocycles. The summed E-state index contributed by atoms with van der Waals surface area (Å²) in [6.45, 7) is 5.84. The van der Waals surface area contributed by atoms with Crippen LogP contribution in [0.15, 0.2) is 22.7 Å². The SMILES string of the molecule is CC1(C)CCCN1c1ccc(Br)cc1CBr. The highest BCUT2D eigenvalue weighted by Gasteiger charge is 2.32. The number of alkyl halides is 1. The van der Waals surface area contributed by atoms with E-state index < -0.39 is 0 Å². The summed E-state index contributed by atoms with van der Waals surface area (Å²) in [6.07, 6.45) is 2.58. The molecule has 1 aromatic carbocycles. The smallest absolute Gasteiger partial charge is 0.0412 e. The molecule has 3 heteroatoms. The van der Waals surface area contributed by atoms with Crippen LogP contribution in [0.25, 0.3) is 0 Å². The molecule has 0 aromatic heterocycles. The fourth-order valence-corrected chi connectivity index (χ4v) is 3.34. The maximum atomic E-state index is 3.58. The molecule has 88 valence electrons. The minimum Gasteiger partial charge on any atom is -0.366 e. The van der Waals surface area contributed by atoms with Crippen LogP contribution in [0.1, 0.15) is 32.3 Å². The van der Waals surface area contributed by atoms with Crippen LogP contribution in [0.2, 0.25) is 0 Å². The van der Waals surface area contributed by atoms with E-state index in [1.54, 1.807) is 0 Å². The molecular formula is C13H17Br2N. The van der Waals surface area contributed by atoms with Crippen LogP contribution in [0.3, 0.4) is 0 Å². The summed E-state index contributed by atoms with van der Waals surface area (Å²) in [4.78, 5) is 2.54. The molecule has 1 aliphatic heterocycles. The van der Waals surface area contributed by atoms with Crippen LogP contribution in [-0.4, -0.2) is 12.1 Å². The van der Waals surface area contributed by atoms with Gasteiger partial charge in [-0.25, -0.2) is 0 Å². The Kier molecular flexibility index (Phi) is 3.65. The molecule has 1 aromatic rings. The second-order valence-corrected chi connectivity index (χ2v) is 6.45. The minimum absolute atomic E-state index is 0.296. The first kappa shape index (κ1) is 12.4. The highest BCUT2D eigenvalue weighted by atomic mass is 79.9. The first-order valence-electron chi connectivity index (χ1n) is 5.66. The van der Waals surface area contributed by atoms with Crippen LogP contribution in [-0.2, 0) is 5.33 Å². The molecule has 16 heavy (non-hydrogen) atoms. The van der Waals surface area contributed by atoms with E-state index in [2.05, 4.69) is 68.8 Å². The third-order valence-electron chi connectivity index (χ3n) is 3.38. The average Bonchev–Trinajstić information content (AvgIpc) is 2.58. The number of hydrogen-bond acceptors (Lipinski definition) is 1. The molecule has 0 unspecified atom stereocenters. The van der Waals surface area contributed by atoms with Gasteiger partial charge in [0.05, 0.1) is 0 Å². The zero-order chi connectivity index (χ0) is 11.8. The van der Waals surface area contributed by atoms with Crippen LogP contribution in [0.4, 0.5) is 5.69 Å². The molecule has 0 amide bonds. The fourth-order valence-electron chi connectivity index (χ4n) is 2.48. The van der Waals surface area contributed by atoms with E-state index in [-0.39, 0.29) is 0 Å². The molecule has 1 fully saturated rings. The normalized spacial score (nSPS) is 19.1. The lowest BCUT2D eigenvalue weighted by atomic mass is 10.0. The Balaban J connectivity index is 2.40. The fraction of sp³-hybridized carbons (Fsp3) is 0.538. The Hall–Kier alpha value is -0.0200. The van der Waals surface area contributed by atoms with E-state index in [0.29, 0.717) is 5.54 Å². The van der Waals surface area contributed by atoms with Gasteiger partial charge in [-0.3, -0.25) is 0 Å². The Morgan fingerprint density at radius 3 is 2.69 bits per heavy atom. The molecule has 1 nitrogen and oxygen atoms in total. The molecule has 0 N–H and O–H groups in total. The summed E-state index contributed by atoms with van der Waals surface area (Å²) in [5.74, 6) is 0. The summed E-state index contributed by atoms with van der Waals surface area (Å²) in [7, 11) is 0. The lowest BCUT2D eigenvalue weighted by Crippen LogP contribution is -2.38. The summed E-state index contributed by atoms with van der Waals surface area (Å²) < 4.78 is 1.16. The molecule has 1 saturated heterocycles. The number of rotatable bonds is 2. The van der Waals surface area contributed by atoms with Crippen molar-refractivity contribution in [2.75, 3.05) is 11.4 Å². The molecule has 0 atom stereocenters. The lowest BCUT2D eigenvalue weighted by molar-refractivity contribution is 0.517. The van der Waals surface area contributed by atoms with Gasteiger partial charge in [-0.15, -0.1) is 0 Å². The van der Waals surface area contributed by atoms with E-state index in [4.69, 9.17) is 0 Å². The Bertz CT molecular complexity index is 388. The molecule has 1 heterocycles. The highest BCUT2D eigenvalue weighted by molar-refractivity contribution is 9.10. The van der Waals surface area contributed by atoms with Crippen molar-refractivity contribution in [1.29, 1.82) is 0 Å². The first-order valence-corrected chi connectivity index (χ1v) is 7.58. The van der Waals surface area contributed by atoms with E-state index in [1.807, 2.05) is 0 Å². The second kappa shape index (κ2) is 4.69. The zero-order valence-electron chi connectivity index (χ0n) is 9.76. The number of anilines is 1. The van der Waals surface area contributed by atoms with Crippen LogP contribution in [0.5, 0.6) is 0 Å². The van der Waals surface area contributed by atoms with Gasteiger partial charge in [0.2, 0.25) is 0 Å². The average molecular weight is 347 g/mol. The van der Waals surface area contributed by atoms with Gasteiger partial charge in [0, 0.05) is 27.6 Å². The topological polar surface area (TPSA) is 3.24 Å². The van der Waals surface area contributed by atoms with Gasteiger partial charge in [-0.05, 0) is 50.5 Å². The minimum atomic E-state index is 0.296. The van der Waals surface area contributed by atoms with Crippen molar-refractivity contribution in [1.82, 2.24) is 0 Å². The Morgan fingerprint density at radius 2 is 2.12 bits per heavy atom. The third-order valence-corrected chi connectivity index (χ3v) is 4.47. The van der Waals surface area contributed by atoms with Gasteiger partial charge in [-0.1, -0.05) is 31.9 Å². The third kappa shape index (κ3) is 2.30. The van der Waals surface area contributed by atoms with Gasteiger partial charge >= 0.3 is 0 Å². The summed E-state index contributed by atoms with van der Waals surface area (Å²) in [5, 5.41) is 0.911. The van der Waals surface area contributed by atoms with Gasteiger partial charge in [-0.2, -0.15) is 0 Å². The van der Waals surface area contributed by atoms with Gasteiger partial charge in [0.1, 0.15) is 0 Å². The number of halogens is 2. The van der Waals surface area contributed by atoms with Crippen molar-refractivity contribution in [3.8, 4) is 0 Å². The predicted molar refractivity (Wildman–Crippen MR) is 77.4 cm³/mol. The van der Waals surface area contributed by atoms with Gasteiger partial charge in [0.15, 0.2) is 0 Å². The zero-order valence-corrected chi connectivity index (χ0v) is 12.9. The molecular weight excluding hydrogens is 330 g/mol. The van der Waals surface area contributed by atoms with Crippen molar-refractivity contribution in [3.63, 3.8) is 0 Å². The summed E-state index contributed by atoms with van der Waals surface area (Å²) >= 11 is 7.11. The number of benzene rings is 1. The van der Waals surface area contributed by atoms with Crippen LogP contribution >= 0.6 is 31.9 Å². The molecule has 2 rings (SSSR count). The molecule has 0 spiro atoms. The Morgan fingerprint density at radius 1 is 1.38 bits per heavy atom. The van der Waals surface area contributed by atoms with Crippen LogP contribution in [0, 0.1) is 0 Å². The standard InChI is InChI=1S/C13H17Br2N/c1-13(2)6-3-7-16(13)12-5-4-11(15)8-10(12)9-14/h4-5,8H,3,6-7,9H2,1-2H3. The molecule has 0 saturated carbocycles. The maximum Gasteiger partial charge on any atom is 0.0412 e. The molecule has 0 radical (unpaired) electrons. The van der Waals surface area contributed by atoms with E-state index in [0.717, 1.165) is 9.80 Å². The monoisotopic (exact) mass is 345 g/mol. The number of hydrogen-bond donors (Lipinski definition) is 0. The quantitative estimate of drug-likeness (QED) is 0.700. The van der Waals surface area contributed by atoms with Crippen molar-refractivity contribution in [2.24, 2.45) is 0 Å². The predicted octanol–water partition coefficient (Wildman–Crippen LogP) is 4.72. The van der Waals surface area contributed by atoms with Crippen molar-refractivity contribution < 1.29 is 0 Å². The first-order chi connectivity index (χ1) is 7.54. The maximum absolute atomic E-state index is 3.58. The van der Waals surface area contributed by atoms with Crippen LogP contribution < -0.4 is 4.90 Å². The van der Waals surface area contributed by atoms with Gasteiger partial charge in [0.25, 0.3) is 0 Å². The Labute approximate surface area is 114 Å². The van der Waals surface area contributed by atoms with Crippen molar-refractivity contribution in [3.05, 3.63) is 28.2 Å². The lowest BCUT2D eigenvalue weighted by Gasteiger charge is -2.35. The number of nitrogens with zero attached hydrogens (tertiary/aromatic N) is 1. The van der Waals surface area contributed by atoms with Crippen molar-refractivity contribution in [2.45, 2.75) is 37.6 Å². The van der Waals surface area contributed by atoms with Crippen molar-refractivity contribution >= 4 is 37.5 Å². The summed E-state index contributed by atoms with van der Waals surface area (Å²) in [6, 6.07) is 6.57. The van der Waals surface area contributed by atoms with E-state index in [9.17, 15) is 0 Å². The second-order valence-electron chi connectivity index (χ2n) is 4.97. The largest absolute Gasteiger partial charge is 0.366 e. The van der Waals surface area contributed by atoms with Gasteiger partial charge < -0.3 is 4.90 Å². The highest BCUT2D eigenvalue weighted by Crippen LogP contribution is 2.37. The van der Waals surface area contributed by atoms with E-state index in [1.165, 1.54) is 30.6 Å². The molecule has 1 aliphatic rings.